The number of nitrogens with one attached hydrogen (secondary N) is 1. The van der Waals surface area contributed by atoms with E-state index < -0.39 is 6.04 Å². The molecule has 0 aromatic heterocycles. The lowest BCUT2D eigenvalue weighted by Gasteiger charge is -2.37. The van der Waals surface area contributed by atoms with E-state index in [2.05, 4.69) is 5.32 Å². The van der Waals surface area contributed by atoms with Gasteiger partial charge in [0, 0.05) is 37.3 Å². The number of amides is 3. The van der Waals surface area contributed by atoms with E-state index in [1.54, 1.807) is 29.2 Å². The number of piperidine rings is 1. The average Bonchev–Trinajstić information content (AvgIpc) is 3.38. The lowest BCUT2D eigenvalue weighted by atomic mass is 9.88. The molecule has 2 aromatic rings. The quantitative estimate of drug-likeness (QED) is 0.782. The fraction of sp³-hybridized carbons (Fsp3) is 0.400. The first-order chi connectivity index (χ1) is 15.5. The molecule has 2 saturated heterocycles. The molecule has 0 aliphatic carbocycles. The SMILES string of the molecule is O=C(N[C@H](C(=O)N1CCCC1)C1CCN(C(=O)c2ccc(F)cc2)CC1)c1ccccc1. The van der Waals surface area contributed by atoms with E-state index in [0.29, 0.717) is 37.1 Å². The van der Waals surface area contributed by atoms with E-state index in [0.717, 1.165) is 25.9 Å². The Morgan fingerprint density at radius 1 is 0.812 bits per heavy atom. The molecule has 2 fully saturated rings. The number of nitrogens with zero attached hydrogens (tertiary/aromatic N) is 2. The summed E-state index contributed by atoms with van der Waals surface area (Å²) in [7, 11) is 0. The van der Waals surface area contributed by atoms with E-state index >= 15 is 0 Å². The van der Waals surface area contributed by atoms with Gasteiger partial charge in [-0.3, -0.25) is 14.4 Å². The van der Waals surface area contributed by atoms with Crippen LogP contribution in [0.25, 0.3) is 0 Å². The predicted octanol–water partition coefficient (Wildman–Crippen LogP) is 3.10. The van der Waals surface area contributed by atoms with E-state index in [-0.39, 0.29) is 29.5 Å². The van der Waals surface area contributed by atoms with Gasteiger partial charge in [-0.05, 0) is 68.0 Å². The number of hydrogen-bond acceptors (Lipinski definition) is 3. The van der Waals surface area contributed by atoms with Gasteiger partial charge in [0.25, 0.3) is 11.8 Å². The minimum Gasteiger partial charge on any atom is -0.341 e. The third kappa shape index (κ3) is 4.98. The van der Waals surface area contributed by atoms with Crippen LogP contribution in [0.2, 0.25) is 0 Å². The highest BCUT2D eigenvalue weighted by atomic mass is 19.1. The Morgan fingerprint density at radius 2 is 1.44 bits per heavy atom. The van der Waals surface area contributed by atoms with Crippen LogP contribution in [-0.4, -0.2) is 59.7 Å². The summed E-state index contributed by atoms with van der Waals surface area (Å²) in [6, 6.07) is 13.8. The lowest BCUT2D eigenvalue weighted by Crippen LogP contribution is -2.54. The summed E-state index contributed by atoms with van der Waals surface area (Å²) in [4.78, 5) is 42.4. The molecule has 1 atom stereocenters. The van der Waals surface area contributed by atoms with Gasteiger partial charge in [0.05, 0.1) is 0 Å². The minimum atomic E-state index is -0.608. The van der Waals surface area contributed by atoms with Crippen LogP contribution in [0, 0.1) is 11.7 Å². The molecule has 0 unspecified atom stereocenters. The van der Waals surface area contributed by atoms with Crippen LogP contribution in [0.15, 0.2) is 54.6 Å². The first kappa shape index (κ1) is 22.0. The zero-order valence-electron chi connectivity index (χ0n) is 18.0. The highest BCUT2D eigenvalue weighted by molar-refractivity contribution is 5.97. The van der Waals surface area contributed by atoms with Crippen LogP contribution < -0.4 is 5.32 Å². The summed E-state index contributed by atoms with van der Waals surface area (Å²) in [6.07, 6.45) is 3.20. The zero-order chi connectivity index (χ0) is 22.5. The molecule has 6 nitrogen and oxygen atoms in total. The average molecular weight is 438 g/mol. The maximum atomic E-state index is 13.3. The van der Waals surface area contributed by atoms with Gasteiger partial charge in [-0.15, -0.1) is 0 Å². The van der Waals surface area contributed by atoms with E-state index in [1.165, 1.54) is 24.3 Å². The van der Waals surface area contributed by atoms with Gasteiger partial charge in [0.1, 0.15) is 11.9 Å². The Labute approximate surface area is 187 Å². The number of hydrogen-bond donors (Lipinski definition) is 1. The van der Waals surface area contributed by atoms with Crippen molar-refractivity contribution in [2.24, 2.45) is 5.92 Å². The van der Waals surface area contributed by atoms with Crippen LogP contribution in [0.3, 0.4) is 0 Å². The molecule has 2 aromatic carbocycles. The topological polar surface area (TPSA) is 69.7 Å². The first-order valence-corrected chi connectivity index (χ1v) is 11.2. The summed E-state index contributed by atoms with van der Waals surface area (Å²) in [5.74, 6) is -0.854. The fourth-order valence-corrected chi connectivity index (χ4v) is 4.54. The molecule has 0 saturated carbocycles. The normalized spacial score (nSPS) is 17.8. The number of carbonyl (C=O) groups is 3. The van der Waals surface area contributed by atoms with Gasteiger partial charge in [-0.2, -0.15) is 0 Å². The van der Waals surface area contributed by atoms with Gasteiger partial charge in [-0.25, -0.2) is 4.39 Å². The summed E-state index contributed by atoms with van der Waals surface area (Å²) in [6.45, 7) is 2.43. The molecule has 0 radical (unpaired) electrons. The Kier molecular flexibility index (Phi) is 6.83. The highest BCUT2D eigenvalue weighted by Gasteiger charge is 2.37. The molecule has 4 rings (SSSR count). The maximum absolute atomic E-state index is 13.3. The molecule has 2 heterocycles. The maximum Gasteiger partial charge on any atom is 0.253 e. The number of halogens is 1. The third-order valence-electron chi connectivity index (χ3n) is 6.40. The smallest absolute Gasteiger partial charge is 0.253 e. The van der Waals surface area contributed by atoms with Crippen molar-refractivity contribution >= 4 is 17.7 Å². The minimum absolute atomic E-state index is 0.0323. The molecule has 168 valence electrons. The summed E-state index contributed by atoms with van der Waals surface area (Å²) in [5.41, 5.74) is 0.975. The van der Waals surface area contributed by atoms with Gasteiger partial charge in [-0.1, -0.05) is 18.2 Å². The lowest BCUT2D eigenvalue weighted by molar-refractivity contribution is -0.134. The number of rotatable bonds is 5. The Bertz CT molecular complexity index is 950. The van der Waals surface area contributed by atoms with Crippen molar-refractivity contribution in [3.63, 3.8) is 0 Å². The predicted molar refractivity (Wildman–Crippen MR) is 119 cm³/mol. The third-order valence-corrected chi connectivity index (χ3v) is 6.40. The summed E-state index contributed by atoms with van der Waals surface area (Å²) in [5, 5.41) is 2.99. The molecule has 7 heteroatoms. The van der Waals surface area contributed by atoms with Crippen molar-refractivity contribution in [2.45, 2.75) is 31.7 Å². The van der Waals surface area contributed by atoms with E-state index in [1.807, 2.05) is 11.0 Å². The Hall–Kier alpha value is -3.22. The van der Waals surface area contributed by atoms with Crippen molar-refractivity contribution in [3.8, 4) is 0 Å². The second kappa shape index (κ2) is 9.94. The number of carbonyl (C=O) groups excluding carboxylic acids is 3. The van der Waals surface area contributed by atoms with Crippen LogP contribution in [0.1, 0.15) is 46.4 Å². The van der Waals surface area contributed by atoms with Gasteiger partial charge >= 0.3 is 0 Å². The number of likely N-dealkylation sites (tertiary alicyclic amines) is 2. The monoisotopic (exact) mass is 437 g/mol. The van der Waals surface area contributed by atoms with Crippen molar-refractivity contribution in [1.29, 1.82) is 0 Å². The van der Waals surface area contributed by atoms with Gasteiger partial charge in [0.15, 0.2) is 0 Å². The highest BCUT2D eigenvalue weighted by Crippen LogP contribution is 2.25. The fourth-order valence-electron chi connectivity index (χ4n) is 4.54. The van der Waals surface area contributed by atoms with E-state index in [9.17, 15) is 18.8 Å². The molecule has 0 bridgehead atoms. The van der Waals surface area contributed by atoms with Crippen LogP contribution in [0.4, 0.5) is 4.39 Å². The van der Waals surface area contributed by atoms with Crippen molar-refractivity contribution in [3.05, 3.63) is 71.5 Å². The zero-order valence-corrected chi connectivity index (χ0v) is 18.0. The van der Waals surface area contributed by atoms with Crippen molar-refractivity contribution < 1.29 is 18.8 Å². The van der Waals surface area contributed by atoms with Crippen LogP contribution >= 0.6 is 0 Å². The van der Waals surface area contributed by atoms with Crippen LogP contribution in [0.5, 0.6) is 0 Å². The Morgan fingerprint density at radius 3 is 2.06 bits per heavy atom. The summed E-state index contributed by atoms with van der Waals surface area (Å²) >= 11 is 0. The second-order valence-electron chi connectivity index (χ2n) is 8.49. The molecule has 32 heavy (non-hydrogen) atoms. The molecule has 3 amide bonds. The molecule has 0 spiro atoms. The summed E-state index contributed by atoms with van der Waals surface area (Å²) < 4.78 is 13.2. The molecular weight excluding hydrogens is 409 g/mol. The van der Waals surface area contributed by atoms with Gasteiger partial charge < -0.3 is 15.1 Å². The molecule has 2 aliphatic heterocycles. The molecule has 1 N–H and O–H groups in total. The van der Waals surface area contributed by atoms with Gasteiger partial charge in [0.2, 0.25) is 5.91 Å². The largest absolute Gasteiger partial charge is 0.341 e. The van der Waals surface area contributed by atoms with Crippen molar-refractivity contribution in [2.75, 3.05) is 26.2 Å². The standard InChI is InChI=1S/C25H28FN3O3/c26-21-10-8-20(9-11-21)24(31)29-16-12-18(13-17-29)22(25(32)28-14-4-5-15-28)27-23(30)19-6-2-1-3-7-19/h1-3,6-11,18,22H,4-5,12-17H2,(H,27,30)/t22-/m0/s1. The van der Waals surface area contributed by atoms with Crippen LogP contribution in [-0.2, 0) is 4.79 Å². The number of benzene rings is 2. The Balaban J connectivity index is 1.44. The first-order valence-electron chi connectivity index (χ1n) is 11.2. The molecule has 2 aliphatic rings. The second-order valence-corrected chi connectivity index (χ2v) is 8.49. The molecular formula is C25H28FN3O3. The van der Waals surface area contributed by atoms with E-state index in [4.69, 9.17) is 0 Å². The van der Waals surface area contributed by atoms with Crippen molar-refractivity contribution in [1.82, 2.24) is 15.1 Å².